The van der Waals surface area contributed by atoms with E-state index in [1.54, 1.807) is 20.3 Å². The van der Waals surface area contributed by atoms with Crippen molar-refractivity contribution in [3.05, 3.63) is 47.8 Å². The summed E-state index contributed by atoms with van der Waals surface area (Å²) in [5.41, 5.74) is 2.31. The lowest BCUT2D eigenvalue weighted by Crippen LogP contribution is -2.55. The lowest BCUT2D eigenvalue weighted by Gasteiger charge is -2.49. The van der Waals surface area contributed by atoms with E-state index in [1.165, 1.54) is 31.6 Å². The average molecular weight is 400 g/mol. The minimum Gasteiger partial charge on any atom is -0.494 e. The Morgan fingerprint density at radius 2 is 1.66 bits per heavy atom. The average Bonchev–Trinajstić information content (AvgIpc) is 2.78. The van der Waals surface area contributed by atoms with Crippen LogP contribution in [0.5, 0.6) is 17.2 Å². The molecular formula is C23H29FN2O3. The molecule has 0 amide bonds. The fourth-order valence-corrected chi connectivity index (χ4v) is 4.75. The summed E-state index contributed by atoms with van der Waals surface area (Å²) in [6.07, 6.45) is 3.52. The van der Waals surface area contributed by atoms with Crippen LogP contribution in [0.25, 0.3) is 0 Å². The second kappa shape index (κ2) is 8.49. The van der Waals surface area contributed by atoms with E-state index in [4.69, 9.17) is 14.2 Å². The number of hydrogen-bond acceptors (Lipinski definition) is 5. The molecule has 0 aromatic heterocycles. The van der Waals surface area contributed by atoms with Gasteiger partial charge in [0.1, 0.15) is 0 Å². The Labute approximate surface area is 172 Å². The largest absolute Gasteiger partial charge is 0.494 e. The van der Waals surface area contributed by atoms with Crippen LogP contribution in [0, 0.1) is 5.82 Å². The Balaban J connectivity index is 1.53. The lowest BCUT2D eigenvalue weighted by atomic mass is 9.89. The molecule has 156 valence electrons. The van der Waals surface area contributed by atoms with Crippen molar-refractivity contribution in [1.29, 1.82) is 0 Å². The van der Waals surface area contributed by atoms with Crippen LogP contribution in [0.3, 0.4) is 0 Å². The van der Waals surface area contributed by atoms with Crippen molar-refractivity contribution < 1.29 is 18.6 Å². The summed E-state index contributed by atoms with van der Waals surface area (Å²) >= 11 is 0. The van der Waals surface area contributed by atoms with Crippen molar-refractivity contribution in [2.24, 2.45) is 0 Å². The maximum atomic E-state index is 13.8. The molecule has 2 fully saturated rings. The molecule has 2 heterocycles. The van der Waals surface area contributed by atoms with Gasteiger partial charge in [0, 0.05) is 43.5 Å². The Morgan fingerprint density at radius 3 is 2.41 bits per heavy atom. The third kappa shape index (κ3) is 3.86. The molecule has 0 N–H and O–H groups in total. The van der Waals surface area contributed by atoms with Crippen LogP contribution in [0.4, 0.5) is 10.1 Å². The van der Waals surface area contributed by atoms with Crippen molar-refractivity contribution in [3.63, 3.8) is 0 Å². The van der Waals surface area contributed by atoms with Crippen molar-refractivity contribution >= 4 is 5.69 Å². The van der Waals surface area contributed by atoms with Crippen molar-refractivity contribution in [3.8, 4) is 17.2 Å². The molecule has 2 aliphatic rings. The molecule has 0 spiro atoms. The second-order valence-corrected chi connectivity index (χ2v) is 7.72. The predicted octanol–water partition coefficient (Wildman–Crippen LogP) is 4.27. The van der Waals surface area contributed by atoms with Gasteiger partial charge in [-0.25, -0.2) is 4.39 Å². The molecule has 29 heavy (non-hydrogen) atoms. The van der Waals surface area contributed by atoms with E-state index in [2.05, 4.69) is 21.9 Å². The highest BCUT2D eigenvalue weighted by molar-refractivity contribution is 5.52. The summed E-state index contributed by atoms with van der Waals surface area (Å²) in [5, 5.41) is 0. The number of benzene rings is 2. The van der Waals surface area contributed by atoms with Crippen LogP contribution >= 0.6 is 0 Å². The summed E-state index contributed by atoms with van der Waals surface area (Å²) in [4.78, 5) is 4.97. The Kier molecular flexibility index (Phi) is 5.81. The number of piperazine rings is 1. The van der Waals surface area contributed by atoms with E-state index < -0.39 is 0 Å². The Morgan fingerprint density at radius 1 is 0.862 bits per heavy atom. The molecule has 2 saturated heterocycles. The third-order valence-corrected chi connectivity index (χ3v) is 6.24. The number of methoxy groups -OCH3 is 3. The summed E-state index contributed by atoms with van der Waals surface area (Å²) in [7, 11) is 4.86. The first-order valence-corrected chi connectivity index (χ1v) is 10.2. The van der Waals surface area contributed by atoms with Gasteiger partial charge < -0.3 is 19.1 Å². The first-order chi connectivity index (χ1) is 14.1. The Hall–Kier alpha value is -2.47. The maximum Gasteiger partial charge on any atom is 0.165 e. The maximum absolute atomic E-state index is 13.8. The second-order valence-electron chi connectivity index (χ2n) is 7.72. The van der Waals surface area contributed by atoms with Gasteiger partial charge in [-0.15, -0.1) is 0 Å². The lowest BCUT2D eigenvalue weighted by molar-refractivity contribution is 0.0715. The van der Waals surface area contributed by atoms with Gasteiger partial charge in [-0.05, 0) is 49.1 Å². The zero-order valence-corrected chi connectivity index (χ0v) is 17.4. The van der Waals surface area contributed by atoms with E-state index >= 15 is 0 Å². The monoisotopic (exact) mass is 400 g/mol. The van der Waals surface area contributed by atoms with Crippen LogP contribution in [-0.4, -0.2) is 51.9 Å². The topological polar surface area (TPSA) is 34.2 Å². The minimum absolute atomic E-state index is 0.303. The van der Waals surface area contributed by atoms with Crippen LogP contribution in [0.2, 0.25) is 0 Å². The van der Waals surface area contributed by atoms with E-state index in [9.17, 15) is 4.39 Å². The van der Waals surface area contributed by atoms with Crippen LogP contribution in [0.15, 0.2) is 36.4 Å². The van der Waals surface area contributed by atoms with Gasteiger partial charge in [0.25, 0.3) is 0 Å². The van der Waals surface area contributed by atoms with Gasteiger partial charge in [-0.1, -0.05) is 6.07 Å². The highest BCUT2D eigenvalue weighted by Gasteiger charge is 2.36. The van der Waals surface area contributed by atoms with Gasteiger partial charge in [-0.2, -0.15) is 0 Å². The van der Waals surface area contributed by atoms with Crippen molar-refractivity contribution in [2.45, 2.75) is 31.3 Å². The number of nitrogens with zero attached hydrogens (tertiary/aromatic N) is 2. The van der Waals surface area contributed by atoms with Gasteiger partial charge in [0.2, 0.25) is 0 Å². The predicted molar refractivity (Wildman–Crippen MR) is 112 cm³/mol. The SMILES string of the molecule is COc1cc(N2CCN3C(CCCC3c3ccc(OC)c(OC)c3)C2)ccc1F. The molecule has 2 aromatic carbocycles. The van der Waals surface area contributed by atoms with Gasteiger partial charge >= 0.3 is 0 Å². The number of ether oxygens (including phenoxy) is 3. The van der Waals surface area contributed by atoms with Crippen molar-refractivity contribution in [2.75, 3.05) is 45.9 Å². The smallest absolute Gasteiger partial charge is 0.165 e. The summed E-state index contributed by atoms with van der Waals surface area (Å²) < 4.78 is 29.9. The zero-order chi connectivity index (χ0) is 20.4. The number of piperidine rings is 1. The van der Waals surface area contributed by atoms with Crippen molar-refractivity contribution in [1.82, 2.24) is 4.90 Å². The minimum atomic E-state index is -0.318. The highest BCUT2D eigenvalue weighted by Crippen LogP contribution is 2.40. The van der Waals surface area contributed by atoms with Crippen LogP contribution in [-0.2, 0) is 0 Å². The molecule has 2 aromatic rings. The van der Waals surface area contributed by atoms with Crippen LogP contribution < -0.4 is 19.1 Å². The quantitative estimate of drug-likeness (QED) is 0.749. The van der Waals surface area contributed by atoms with E-state index in [-0.39, 0.29) is 5.82 Å². The number of rotatable bonds is 5. The molecular weight excluding hydrogens is 371 g/mol. The molecule has 0 saturated carbocycles. The normalized spacial score (nSPS) is 22.1. The summed E-state index contributed by atoms with van der Waals surface area (Å²) in [5.74, 6) is 1.53. The van der Waals surface area contributed by atoms with E-state index in [0.29, 0.717) is 17.8 Å². The zero-order valence-electron chi connectivity index (χ0n) is 17.4. The first kappa shape index (κ1) is 19.8. The molecule has 4 rings (SSSR count). The molecule has 2 aliphatic heterocycles. The third-order valence-electron chi connectivity index (χ3n) is 6.24. The van der Waals surface area contributed by atoms with Gasteiger partial charge in [0.15, 0.2) is 23.1 Å². The molecule has 0 radical (unpaired) electrons. The summed E-state index contributed by atoms with van der Waals surface area (Å²) in [6, 6.07) is 12.3. The fourth-order valence-electron chi connectivity index (χ4n) is 4.75. The van der Waals surface area contributed by atoms with Gasteiger partial charge in [-0.3, -0.25) is 4.90 Å². The molecule has 0 aliphatic carbocycles. The van der Waals surface area contributed by atoms with Gasteiger partial charge in [0.05, 0.1) is 21.3 Å². The number of anilines is 1. The molecule has 2 unspecified atom stereocenters. The van der Waals surface area contributed by atoms with E-state index in [1.807, 2.05) is 12.1 Å². The molecule has 2 atom stereocenters. The number of halogens is 1. The number of hydrogen-bond donors (Lipinski definition) is 0. The van der Waals surface area contributed by atoms with Crippen LogP contribution in [0.1, 0.15) is 30.9 Å². The fraction of sp³-hybridized carbons (Fsp3) is 0.478. The summed E-state index contributed by atoms with van der Waals surface area (Å²) in [6.45, 7) is 2.83. The molecule has 6 heteroatoms. The molecule has 5 nitrogen and oxygen atoms in total. The Bertz CT molecular complexity index is 860. The number of fused-ring (bicyclic) bond motifs is 1. The first-order valence-electron chi connectivity index (χ1n) is 10.2. The highest BCUT2D eigenvalue weighted by atomic mass is 19.1. The standard InChI is InChI=1S/C23H29FN2O3/c1-27-21-10-7-16(13-23(21)29-3)20-6-4-5-18-15-25(11-12-26(18)20)17-8-9-19(24)22(14-17)28-2/h7-10,13-14,18,20H,4-6,11-12,15H2,1-3H3. The molecule has 0 bridgehead atoms. The van der Waals surface area contributed by atoms with E-state index in [0.717, 1.165) is 43.2 Å².